The molecule has 0 aliphatic rings. The Morgan fingerprint density at radius 3 is 3.09 bits per heavy atom. The molecule has 0 aromatic carbocycles. The number of rotatable bonds is 4. The van der Waals surface area contributed by atoms with Gasteiger partial charge in [0.05, 0.1) is 0 Å². The van der Waals surface area contributed by atoms with Crippen molar-refractivity contribution in [1.82, 2.24) is 5.16 Å². The van der Waals surface area contributed by atoms with Crippen LogP contribution in [0.2, 0.25) is 0 Å². The summed E-state index contributed by atoms with van der Waals surface area (Å²) < 4.78 is 4.67. The van der Waals surface area contributed by atoms with Crippen LogP contribution in [0, 0.1) is 6.20 Å². The number of hydrogen-bond donors (Lipinski definition) is 0. The van der Waals surface area contributed by atoms with Gasteiger partial charge in [-0.3, -0.25) is 0 Å². The summed E-state index contributed by atoms with van der Waals surface area (Å²) in [5.74, 6) is 0. The van der Waals surface area contributed by atoms with Gasteiger partial charge < -0.3 is 9.42 Å². The van der Waals surface area contributed by atoms with Gasteiger partial charge in [0.2, 0.25) is 0 Å². The SMILES string of the molecule is CCCCN(C)c1[c]noc1. The topological polar surface area (TPSA) is 29.3 Å². The molecule has 61 valence electrons. The summed E-state index contributed by atoms with van der Waals surface area (Å²) in [6.07, 6.45) is 6.76. The van der Waals surface area contributed by atoms with Gasteiger partial charge in [0.15, 0.2) is 6.20 Å². The lowest BCUT2D eigenvalue weighted by Crippen LogP contribution is -2.17. The first-order chi connectivity index (χ1) is 5.34. The maximum Gasteiger partial charge on any atom is 0.161 e. The molecule has 0 aliphatic carbocycles. The van der Waals surface area contributed by atoms with Crippen molar-refractivity contribution in [3.63, 3.8) is 0 Å². The monoisotopic (exact) mass is 153 g/mol. The molecule has 0 amide bonds. The van der Waals surface area contributed by atoms with Gasteiger partial charge in [0.1, 0.15) is 12.0 Å². The summed E-state index contributed by atoms with van der Waals surface area (Å²) in [7, 11) is 2.01. The molecule has 0 spiro atoms. The van der Waals surface area contributed by atoms with E-state index < -0.39 is 0 Å². The molecular formula is C8H13N2O. The lowest BCUT2D eigenvalue weighted by molar-refractivity contribution is 0.418. The highest BCUT2D eigenvalue weighted by Gasteiger charge is 2.01. The molecule has 0 bridgehead atoms. The van der Waals surface area contributed by atoms with E-state index in [1.54, 1.807) is 6.26 Å². The Kier molecular flexibility index (Phi) is 2.95. The highest BCUT2D eigenvalue weighted by Crippen LogP contribution is 2.09. The van der Waals surface area contributed by atoms with E-state index in [0.717, 1.165) is 12.2 Å². The number of aromatic nitrogens is 1. The first-order valence-corrected chi connectivity index (χ1v) is 3.87. The van der Waals surface area contributed by atoms with Crippen molar-refractivity contribution in [2.45, 2.75) is 19.8 Å². The Hall–Kier alpha value is -0.990. The van der Waals surface area contributed by atoms with Crippen molar-refractivity contribution in [3.8, 4) is 0 Å². The molecule has 3 heteroatoms. The van der Waals surface area contributed by atoms with Crippen LogP contribution < -0.4 is 4.90 Å². The molecule has 3 nitrogen and oxygen atoms in total. The van der Waals surface area contributed by atoms with E-state index in [1.807, 2.05) is 7.05 Å². The second-order valence-corrected chi connectivity index (χ2v) is 2.59. The van der Waals surface area contributed by atoms with E-state index in [0.29, 0.717) is 0 Å². The minimum atomic E-state index is 0.929. The second kappa shape index (κ2) is 4.01. The molecule has 1 heterocycles. The molecule has 0 aliphatic heterocycles. The van der Waals surface area contributed by atoms with Gasteiger partial charge in [-0.25, -0.2) is 0 Å². The van der Waals surface area contributed by atoms with Crippen LogP contribution >= 0.6 is 0 Å². The fourth-order valence-corrected chi connectivity index (χ4v) is 0.867. The van der Waals surface area contributed by atoms with Crippen LogP contribution in [0.15, 0.2) is 10.8 Å². The zero-order valence-electron chi connectivity index (χ0n) is 7.00. The van der Waals surface area contributed by atoms with Crippen LogP contribution in [0.5, 0.6) is 0 Å². The lowest BCUT2D eigenvalue weighted by Gasteiger charge is -2.14. The Morgan fingerprint density at radius 2 is 2.55 bits per heavy atom. The molecule has 0 fully saturated rings. The normalized spacial score (nSPS) is 10.0. The zero-order valence-corrected chi connectivity index (χ0v) is 7.00. The molecule has 1 radical (unpaired) electrons. The van der Waals surface area contributed by atoms with Gasteiger partial charge >= 0.3 is 0 Å². The molecule has 1 aromatic heterocycles. The fourth-order valence-electron chi connectivity index (χ4n) is 0.867. The largest absolute Gasteiger partial charge is 0.370 e. The van der Waals surface area contributed by atoms with Gasteiger partial charge in [-0.2, -0.15) is 0 Å². The van der Waals surface area contributed by atoms with Crippen LogP contribution in [0.3, 0.4) is 0 Å². The summed E-state index contributed by atoms with van der Waals surface area (Å²) in [6, 6.07) is 0. The van der Waals surface area contributed by atoms with Crippen molar-refractivity contribution >= 4 is 5.69 Å². The van der Waals surface area contributed by atoms with Gasteiger partial charge in [-0.05, 0) is 6.42 Å². The van der Waals surface area contributed by atoms with Gasteiger partial charge in [-0.1, -0.05) is 18.5 Å². The fraction of sp³-hybridized carbons (Fsp3) is 0.625. The quantitative estimate of drug-likeness (QED) is 0.659. The van der Waals surface area contributed by atoms with Gasteiger partial charge in [0, 0.05) is 13.6 Å². The Bertz CT molecular complexity index is 184. The molecular weight excluding hydrogens is 140 g/mol. The van der Waals surface area contributed by atoms with Gasteiger partial charge in [-0.15, -0.1) is 0 Å². The third-order valence-electron chi connectivity index (χ3n) is 1.64. The van der Waals surface area contributed by atoms with E-state index in [1.165, 1.54) is 12.8 Å². The standard InChI is InChI=1S/C8H13N2O/c1-3-4-5-10(2)8-6-9-11-7-8/h7H,3-5H2,1-2H3. The zero-order chi connectivity index (χ0) is 8.10. The molecule has 0 saturated heterocycles. The van der Waals surface area contributed by atoms with E-state index in [9.17, 15) is 0 Å². The minimum absolute atomic E-state index is 0.929. The molecule has 11 heavy (non-hydrogen) atoms. The third-order valence-corrected chi connectivity index (χ3v) is 1.64. The summed E-state index contributed by atoms with van der Waals surface area (Å²) >= 11 is 0. The van der Waals surface area contributed by atoms with Crippen LogP contribution in [-0.4, -0.2) is 18.7 Å². The van der Waals surface area contributed by atoms with Crippen LogP contribution in [0.25, 0.3) is 0 Å². The highest BCUT2D eigenvalue weighted by molar-refractivity contribution is 5.38. The van der Waals surface area contributed by atoms with Crippen molar-refractivity contribution < 1.29 is 4.52 Å². The molecule has 0 atom stereocenters. The van der Waals surface area contributed by atoms with E-state index in [2.05, 4.69) is 27.7 Å². The molecule has 0 unspecified atom stereocenters. The van der Waals surface area contributed by atoms with Gasteiger partial charge in [0.25, 0.3) is 0 Å². The number of nitrogens with zero attached hydrogens (tertiary/aromatic N) is 2. The van der Waals surface area contributed by atoms with Crippen molar-refractivity contribution in [2.75, 3.05) is 18.5 Å². The van der Waals surface area contributed by atoms with Crippen molar-refractivity contribution in [2.24, 2.45) is 0 Å². The average Bonchev–Trinajstić information content (AvgIpc) is 2.52. The first-order valence-electron chi connectivity index (χ1n) is 3.87. The van der Waals surface area contributed by atoms with Crippen molar-refractivity contribution in [3.05, 3.63) is 12.5 Å². The van der Waals surface area contributed by atoms with Crippen LogP contribution in [-0.2, 0) is 0 Å². The number of unbranched alkanes of at least 4 members (excludes halogenated alkanes) is 1. The number of hydrogen-bond acceptors (Lipinski definition) is 3. The maximum atomic E-state index is 4.67. The van der Waals surface area contributed by atoms with E-state index >= 15 is 0 Å². The Morgan fingerprint density at radius 1 is 1.73 bits per heavy atom. The lowest BCUT2D eigenvalue weighted by atomic mass is 10.3. The van der Waals surface area contributed by atoms with E-state index in [4.69, 9.17) is 0 Å². The molecule has 0 N–H and O–H groups in total. The predicted molar refractivity (Wildman–Crippen MR) is 43.5 cm³/mol. The average molecular weight is 153 g/mol. The summed E-state index contributed by atoms with van der Waals surface area (Å²) in [5, 5.41) is 3.51. The number of anilines is 1. The Labute approximate surface area is 67.0 Å². The molecule has 1 rings (SSSR count). The van der Waals surface area contributed by atoms with Crippen LogP contribution in [0.4, 0.5) is 5.69 Å². The first kappa shape index (κ1) is 8.11. The predicted octanol–water partition coefficient (Wildman–Crippen LogP) is 1.71. The van der Waals surface area contributed by atoms with E-state index in [-0.39, 0.29) is 0 Å². The van der Waals surface area contributed by atoms with Crippen LogP contribution in [0.1, 0.15) is 19.8 Å². The summed E-state index contributed by atoms with van der Waals surface area (Å²) in [6.45, 7) is 3.21. The summed E-state index contributed by atoms with van der Waals surface area (Å²) in [5.41, 5.74) is 0.929. The highest BCUT2D eigenvalue weighted by atomic mass is 16.5. The Balaban J connectivity index is 2.36. The molecule has 1 aromatic rings. The smallest absolute Gasteiger partial charge is 0.161 e. The van der Waals surface area contributed by atoms with Crippen molar-refractivity contribution in [1.29, 1.82) is 0 Å². The summed E-state index contributed by atoms with van der Waals surface area (Å²) in [4.78, 5) is 2.08. The minimum Gasteiger partial charge on any atom is -0.370 e. The third kappa shape index (κ3) is 2.26. The molecule has 0 saturated carbocycles. The second-order valence-electron chi connectivity index (χ2n) is 2.59. The maximum absolute atomic E-state index is 4.67.